The zero-order valence-electron chi connectivity index (χ0n) is 25.8. The van der Waals surface area contributed by atoms with Crippen LogP contribution in [0.1, 0.15) is 142 Å². The third-order valence-corrected chi connectivity index (χ3v) is 9.02. The standard InChI is InChI=1S/C36H58O3S/c1-3-5-7-9-11-13-15-17-19-24-31-38-34-29-26-30-35(40(37)33-27-22-21-23-28-33)36(34)39-32-25-20-18-16-14-12-10-8-6-4-2/h21-23,26-30H,3-20,24-25,31-32H2,1-2H3. The smallest absolute Gasteiger partial charge is 0.177 e. The molecule has 0 fully saturated rings. The van der Waals surface area contributed by atoms with Crippen molar-refractivity contribution < 1.29 is 13.7 Å². The van der Waals surface area contributed by atoms with Gasteiger partial charge in [0.1, 0.15) is 0 Å². The monoisotopic (exact) mass is 570 g/mol. The topological polar surface area (TPSA) is 35.5 Å². The van der Waals surface area contributed by atoms with Crippen molar-refractivity contribution in [3.8, 4) is 11.5 Å². The first kappa shape index (κ1) is 34.4. The fourth-order valence-corrected chi connectivity index (χ4v) is 6.29. The lowest BCUT2D eigenvalue weighted by atomic mass is 10.1. The van der Waals surface area contributed by atoms with Gasteiger partial charge in [-0.15, -0.1) is 0 Å². The molecular formula is C36H58O3S. The first-order chi connectivity index (χ1) is 19.8. The van der Waals surface area contributed by atoms with Crippen LogP contribution < -0.4 is 9.47 Å². The van der Waals surface area contributed by atoms with Gasteiger partial charge in [-0.1, -0.05) is 154 Å². The molecule has 2 rings (SSSR count). The molecule has 1 atom stereocenters. The fraction of sp³-hybridized carbons (Fsp3) is 0.667. The highest BCUT2D eigenvalue weighted by atomic mass is 32.2. The second kappa shape index (κ2) is 23.9. The van der Waals surface area contributed by atoms with Crippen LogP contribution in [0.2, 0.25) is 0 Å². The quantitative estimate of drug-likeness (QED) is 0.106. The summed E-state index contributed by atoms with van der Waals surface area (Å²) >= 11 is 0. The van der Waals surface area contributed by atoms with Crippen molar-refractivity contribution in [1.82, 2.24) is 0 Å². The molecule has 0 spiro atoms. The molecule has 0 aliphatic carbocycles. The van der Waals surface area contributed by atoms with Gasteiger partial charge in [-0.25, -0.2) is 4.21 Å². The molecule has 2 aromatic carbocycles. The van der Waals surface area contributed by atoms with Crippen LogP contribution in [0.25, 0.3) is 0 Å². The van der Waals surface area contributed by atoms with E-state index in [9.17, 15) is 4.21 Å². The molecule has 1 unspecified atom stereocenters. The van der Waals surface area contributed by atoms with E-state index in [2.05, 4.69) is 13.8 Å². The summed E-state index contributed by atoms with van der Waals surface area (Å²) in [6, 6.07) is 15.5. The van der Waals surface area contributed by atoms with Crippen molar-refractivity contribution in [3.63, 3.8) is 0 Å². The molecule has 0 aromatic heterocycles. The maximum absolute atomic E-state index is 13.5. The van der Waals surface area contributed by atoms with Gasteiger partial charge in [-0.05, 0) is 37.1 Å². The number of benzene rings is 2. The van der Waals surface area contributed by atoms with Crippen molar-refractivity contribution in [2.45, 2.75) is 152 Å². The van der Waals surface area contributed by atoms with Gasteiger partial charge in [0.05, 0.1) is 28.9 Å². The highest BCUT2D eigenvalue weighted by Gasteiger charge is 2.18. The van der Waals surface area contributed by atoms with E-state index in [1.54, 1.807) is 0 Å². The normalized spacial score (nSPS) is 11.9. The summed E-state index contributed by atoms with van der Waals surface area (Å²) in [4.78, 5) is 1.50. The molecule has 0 aliphatic rings. The summed E-state index contributed by atoms with van der Waals surface area (Å²) in [7, 11) is -1.31. The number of hydrogen-bond acceptors (Lipinski definition) is 3. The van der Waals surface area contributed by atoms with Crippen LogP contribution in [0, 0.1) is 0 Å². The summed E-state index contributed by atoms with van der Waals surface area (Å²) in [6.07, 6.45) is 26.0. The predicted molar refractivity (Wildman–Crippen MR) is 172 cm³/mol. The molecule has 4 heteroatoms. The van der Waals surface area contributed by atoms with E-state index in [1.807, 2.05) is 48.5 Å². The molecule has 0 N–H and O–H groups in total. The van der Waals surface area contributed by atoms with Crippen LogP contribution in [-0.2, 0) is 10.8 Å². The highest BCUT2D eigenvalue weighted by Crippen LogP contribution is 2.36. The fourth-order valence-electron chi connectivity index (χ4n) is 5.10. The minimum absolute atomic E-state index is 0.633. The minimum Gasteiger partial charge on any atom is -0.490 e. The average Bonchev–Trinajstić information content (AvgIpc) is 2.99. The Bertz CT molecular complexity index is 883. The molecule has 0 saturated heterocycles. The largest absolute Gasteiger partial charge is 0.490 e. The zero-order valence-corrected chi connectivity index (χ0v) is 26.6. The second-order valence-electron chi connectivity index (χ2n) is 11.2. The molecule has 0 bridgehead atoms. The summed E-state index contributed by atoms with van der Waals surface area (Å²) in [5.74, 6) is 1.39. The third kappa shape index (κ3) is 15.3. The maximum atomic E-state index is 13.5. The highest BCUT2D eigenvalue weighted by molar-refractivity contribution is 7.85. The summed E-state index contributed by atoms with van der Waals surface area (Å²) in [5.41, 5.74) is 0. The number of para-hydroxylation sites is 1. The van der Waals surface area contributed by atoms with E-state index in [1.165, 1.54) is 116 Å². The lowest BCUT2D eigenvalue weighted by Crippen LogP contribution is -2.06. The Morgan fingerprint density at radius 2 is 0.950 bits per heavy atom. The molecule has 40 heavy (non-hydrogen) atoms. The molecule has 0 aliphatic heterocycles. The molecule has 0 radical (unpaired) electrons. The number of unbranched alkanes of at least 4 members (excludes halogenated alkanes) is 18. The van der Waals surface area contributed by atoms with Crippen molar-refractivity contribution >= 4 is 10.8 Å². The SMILES string of the molecule is CCCCCCCCCCCCOc1cccc(S(=O)c2ccccc2)c1OCCCCCCCCCCCC. The Morgan fingerprint density at radius 3 is 1.45 bits per heavy atom. The van der Waals surface area contributed by atoms with Crippen molar-refractivity contribution in [2.75, 3.05) is 13.2 Å². The first-order valence-corrected chi connectivity index (χ1v) is 17.8. The first-order valence-electron chi connectivity index (χ1n) is 16.6. The average molecular weight is 571 g/mol. The van der Waals surface area contributed by atoms with Crippen molar-refractivity contribution in [2.24, 2.45) is 0 Å². The molecule has 0 saturated carbocycles. The van der Waals surface area contributed by atoms with Gasteiger partial charge < -0.3 is 9.47 Å². The van der Waals surface area contributed by atoms with Gasteiger partial charge in [0, 0.05) is 4.90 Å². The summed E-state index contributed by atoms with van der Waals surface area (Å²) in [6.45, 7) is 5.85. The van der Waals surface area contributed by atoms with Gasteiger partial charge in [0.15, 0.2) is 11.5 Å². The Kier molecular flexibility index (Phi) is 20.5. The lowest BCUT2D eigenvalue weighted by Gasteiger charge is -2.16. The second-order valence-corrected chi connectivity index (χ2v) is 12.7. The minimum atomic E-state index is -1.31. The van der Waals surface area contributed by atoms with Crippen LogP contribution in [0.3, 0.4) is 0 Å². The molecular weight excluding hydrogens is 512 g/mol. The molecule has 0 heterocycles. The van der Waals surface area contributed by atoms with Gasteiger partial charge in [0.25, 0.3) is 0 Å². The van der Waals surface area contributed by atoms with E-state index in [0.717, 1.165) is 23.5 Å². The van der Waals surface area contributed by atoms with Crippen LogP contribution in [-0.4, -0.2) is 17.4 Å². The Hall–Kier alpha value is -1.81. The van der Waals surface area contributed by atoms with E-state index in [0.29, 0.717) is 23.9 Å². The van der Waals surface area contributed by atoms with E-state index >= 15 is 0 Å². The Labute approximate surface area is 249 Å². The summed E-state index contributed by atoms with van der Waals surface area (Å²) < 4.78 is 26.0. The Morgan fingerprint density at radius 1 is 0.500 bits per heavy atom. The van der Waals surface area contributed by atoms with E-state index < -0.39 is 10.8 Å². The van der Waals surface area contributed by atoms with E-state index in [4.69, 9.17) is 9.47 Å². The van der Waals surface area contributed by atoms with Gasteiger partial charge in [-0.2, -0.15) is 0 Å². The van der Waals surface area contributed by atoms with Gasteiger partial charge in [-0.3, -0.25) is 0 Å². The molecule has 3 nitrogen and oxygen atoms in total. The molecule has 0 amide bonds. The van der Waals surface area contributed by atoms with E-state index in [-0.39, 0.29) is 0 Å². The van der Waals surface area contributed by atoms with Gasteiger partial charge in [0.2, 0.25) is 0 Å². The van der Waals surface area contributed by atoms with Crippen molar-refractivity contribution in [1.29, 1.82) is 0 Å². The van der Waals surface area contributed by atoms with Crippen molar-refractivity contribution in [3.05, 3.63) is 48.5 Å². The molecule has 2 aromatic rings. The molecule has 226 valence electrons. The zero-order chi connectivity index (χ0) is 28.5. The van der Waals surface area contributed by atoms with Crippen LogP contribution in [0.5, 0.6) is 11.5 Å². The number of ether oxygens (including phenoxy) is 2. The van der Waals surface area contributed by atoms with Crippen LogP contribution >= 0.6 is 0 Å². The van der Waals surface area contributed by atoms with Gasteiger partial charge >= 0.3 is 0 Å². The van der Waals surface area contributed by atoms with Crippen LogP contribution in [0.4, 0.5) is 0 Å². The maximum Gasteiger partial charge on any atom is 0.177 e. The lowest BCUT2D eigenvalue weighted by molar-refractivity contribution is 0.253. The third-order valence-electron chi connectivity index (χ3n) is 7.60. The number of hydrogen-bond donors (Lipinski definition) is 0. The Balaban J connectivity index is 1.80. The summed E-state index contributed by atoms with van der Waals surface area (Å²) in [5, 5.41) is 0. The predicted octanol–water partition coefficient (Wildman–Crippen LogP) is 11.5. The number of rotatable bonds is 26. The van der Waals surface area contributed by atoms with Crippen LogP contribution in [0.15, 0.2) is 58.3 Å².